The number of hydrogen-bond donors (Lipinski definition) is 0. The normalized spacial score (nSPS) is 30.8. The molecule has 0 nitrogen and oxygen atoms in total. The molecule has 2 atom stereocenters. The van der Waals surface area contributed by atoms with Crippen molar-refractivity contribution in [2.45, 2.75) is 85.5 Å². The second-order valence-electron chi connectivity index (χ2n) is 6.50. The van der Waals surface area contributed by atoms with E-state index in [9.17, 15) is 0 Å². The molecule has 1 aliphatic rings. The molecule has 0 heterocycles. The van der Waals surface area contributed by atoms with Crippen LogP contribution in [0.1, 0.15) is 85.5 Å². The Bertz CT molecular complexity index is 180. The molecule has 0 aliphatic heterocycles. The van der Waals surface area contributed by atoms with Gasteiger partial charge in [-0.15, -0.1) is 0 Å². The second-order valence-corrected chi connectivity index (χ2v) is 6.50. The van der Waals surface area contributed by atoms with Gasteiger partial charge >= 0.3 is 0 Å². The summed E-state index contributed by atoms with van der Waals surface area (Å²) in [5.74, 6) is 1.99. The van der Waals surface area contributed by atoms with E-state index in [2.05, 4.69) is 27.7 Å². The third-order valence-electron chi connectivity index (χ3n) is 4.86. The van der Waals surface area contributed by atoms with Gasteiger partial charge in [-0.25, -0.2) is 0 Å². The lowest BCUT2D eigenvalue weighted by molar-refractivity contribution is 0.0883. The maximum absolute atomic E-state index is 2.53. The van der Waals surface area contributed by atoms with E-state index in [4.69, 9.17) is 0 Å². The molecule has 0 radical (unpaired) electrons. The average molecular weight is 224 g/mol. The highest BCUT2D eigenvalue weighted by molar-refractivity contribution is 4.85. The topological polar surface area (TPSA) is 0 Å². The first kappa shape index (κ1) is 14.1. The van der Waals surface area contributed by atoms with Crippen LogP contribution in [0.25, 0.3) is 0 Å². The quantitative estimate of drug-likeness (QED) is 0.565. The summed E-state index contributed by atoms with van der Waals surface area (Å²) >= 11 is 0. The fourth-order valence-electron chi connectivity index (χ4n) is 3.73. The maximum Gasteiger partial charge on any atom is -0.0323 e. The molecule has 0 aromatic heterocycles. The molecular weight excluding hydrogens is 192 g/mol. The number of unbranched alkanes of at least 4 members (excludes halogenated alkanes) is 1. The fourth-order valence-corrected chi connectivity index (χ4v) is 3.73. The largest absolute Gasteiger partial charge is 0.0654 e. The first-order chi connectivity index (χ1) is 7.61. The molecule has 0 saturated heterocycles. The lowest BCUT2D eigenvalue weighted by Gasteiger charge is -2.41. The van der Waals surface area contributed by atoms with Crippen LogP contribution >= 0.6 is 0 Å². The summed E-state index contributed by atoms with van der Waals surface area (Å²) in [4.78, 5) is 0. The highest BCUT2D eigenvalue weighted by Crippen LogP contribution is 2.45. The first-order valence-corrected chi connectivity index (χ1v) is 7.61. The monoisotopic (exact) mass is 224 g/mol. The van der Waals surface area contributed by atoms with E-state index in [1.165, 1.54) is 57.8 Å². The van der Waals surface area contributed by atoms with Crippen LogP contribution < -0.4 is 0 Å². The van der Waals surface area contributed by atoms with Crippen molar-refractivity contribution in [3.05, 3.63) is 0 Å². The lowest BCUT2D eigenvalue weighted by atomic mass is 9.64. The van der Waals surface area contributed by atoms with Crippen LogP contribution in [0.5, 0.6) is 0 Å². The van der Waals surface area contributed by atoms with Gasteiger partial charge in [-0.2, -0.15) is 0 Å². The molecule has 1 rings (SSSR count). The summed E-state index contributed by atoms with van der Waals surface area (Å²) in [5.41, 5.74) is 0.594. The molecule has 0 aromatic carbocycles. The van der Waals surface area contributed by atoms with Crippen molar-refractivity contribution in [2.75, 3.05) is 0 Å². The van der Waals surface area contributed by atoms with E-state index in [1.54, 1.807) is 0 Å². The molecule has 0 aromatic rings. The van der Waals surface area contributed by atoms with Crippen molar-refractivity contribution in [1.82, 2.24) is 0 Å². The zero-order valence-electron chi connectivity index (χ0n) is 12.0. The van der Waals surface area contributed by atoms with Crippen molar-refractivity contribution >= 4 is 0 Å². The Balaban J connectivity index is 2.69. The Morgan fingerprint density at radius 2 is 1.81 bits per heavy atom. The van der Waals surface area contributed by atoms with Crippen molar-refractivity contribution in [3.63, 3.8) is 0 Å². The summed E-state index contributed by atoms with van der Waals surface area (Å²) in [6.07, 6.45) is 13.0. The van der Waals surface area contributed by atoms with Gasteiger partial charge in [0.25, 0.3) is 0 Å². The van der Waals surface area contributed by atoms with Crippen LogP contribution in [0.15, 0.2) is 0 Å². The summed E-state index contributed by atoms with van der Waals surface area (Å²) in [7, 11) is 0. The van der Waals surface area contributed by atoms with Gasteiger partial charge in [-0.05, 0) is 30.1 Å². The van der Waals surface area contributed by atoms with Crippen molar-refractivity contribution in [1.29, 1.82) is 0 Å². The molecule has 16 heavy (non-hydrogen) atoms. The highest BCUT2D eigenvalue weighted by Gasteiger charge is 2.34. The van der Waals surface area contributed by atoms with Gasteiger partial charge in [-0.3, -0.25) is 0 Å². The predicted molar refractivity (Wildman–Crippen MR) is 73.7 cm³/mol. The Morgan fingerprint density at radius 1 is 1.06 bits per heavy atom. The molecule has 1 aliphatic carbocycles. The molecule has 1 fully saturated rings. The molecule has 0 amide bonds. The van der Waals surface area contributed by atoms with Gasteiger partial charge in [0.15, 0.2) is 0 Å². The van der Waals surface area contributed by atoms with Crippen LogP contribution in [0, 0.1) is 17.3 Å². The average Bonchev–Trinajstić information content (AvgIpc) is 2.23. The third-order valence-corrected chi connectivity index (χ3v) is 4.86. The Hall–Kier alpha value is 0. The van der Waals surface area contributed by atoms with Crippen molar-refractivity contribution < 1.29 is 0 Å². The molecular formula is C16H32. The lowest BCUT2D eigenvalue weighted by Crippen LogP contribution is -2.32. The van der Waals surface area contributed by atoms with Crippen LogP contribution in [-0.4, -0.2) is 0 Å². The molecule has 2 unspecified atom stereocenters. The van der Waals surface area contributed by atoms with Crippen molar-refractivity contribution in [2.24, 2.45) is 17.3 Å². The molecule has 96 valence electrons. The summed E-state index contributed by atoms with van der Waals surface area (Å²) in [6, 6.07) is 0. The predicted octanol–water partition coefficient (Wildman–Crippen LogP) is 5.81. The fraction of sp³-hybridized carbons (Fsp3) is 1.00. The highest BCUT2D eigenvalue weighted by atomic mass is 14.4. The van der Waals surface area contributed by atoms with Gasteiger partial charge < -0.3 is 0 Å². The van der Waals surface area contributed by atoms with Crippen LogP contribution in [0.4, 0.5) is 0 Å². The number of hydrogen-bond acceptors (Lipinski definition) is 0. The molecule has 0 N–H and O–H groups in total. The van der Waals surface area contributed by atoms with Gasteiger partial charge in [0.2, 0.25) is 0 Å². The van der Waals surface area contributed by atoms with E-state index in [1.807, 2.05) is 0 Å². The first-order valence-electron chi connectivity index (χ1n) is 7.61. The minimum absolute atomic E-state index is 0.594. The van der Waals surface area contributed by atoms with Crippen LogP contribution in [0.2, 0.25) is 0 Å². The van der Waals surface area contributed by atoms with E-state index >= 15 is 0 Å². The standard InChI is InChI=1S/C16H32/c1-5-7-12-15-14(6-2)11-9-8-10-13-16(15,3)4/h14-15H,5-13H2,1-4H3. The molecule has 0 spiro atoms. The summed E-state index contributed by atoms with van der Waals surface area (Å²) < 4.78 is 0. The van der Waals surface area contributed by atoms with E-state index in [-0.39, 0.29) is 0 Å². The zero-order valence-corrected chi connectivity index (χ0v) is 12.0. The molecule has 0 heteroatoms. The van der Waals surface area contributed by atoms with Gasteiger partial charge in [0.1, 0.15) is 0 Å². The Kier molecular flexibility index (Phi) is 5.86. The van der Waals surface area contributed by atoms with E-state index in [0.717, 1.165) is 11.8 Å². The minimum atomic E-state index is 0.594. The SMILES string of the molecule is CCCCC1C(CC)CCCCCC1(C)C. The zero-order chi connectivity index (χ0) is 12.0. The smallest absolute Gasteiger partial charge is 0.0323 e. The van der Waals surface area contributed by atoms with E-state index in [0.29, 0.717) is 5.41 Å². The number of rotatable bonds is 4. The minimum Gasteiger partial charge on any atom is -0.0654 e. The molecule has 1 saturated carbocycles. The summed E-state index contributed by atoms with van der Waals surface area (Å²) in [5, 5.41) is 0. The Morgan fingerprint density at radius 3 is 2.44 bits per heavy atom. The van der Waals surface area contributed by atoms with E-state index < -0.39 is 0 Å². The van der Waals surface area contributed by atoms with Gasteiger partial charge in [0, 0.05) is 0 Å². The Labute approximate surface area is 103 Å². The molecule has 0 bridgehead atoms. The third kappa shape index (κ3) is 3.79. The summed E-state index contributed by atoms with van der Waals surface area (Å²) in [6.45, 7) is 9.79. The van der Waals surface area contributed by atoms with Crippen LogP contribution in [-0.2, 0) is 0 Å². The van der Waals surface area contributed by atoms with Gasteiger partial charge in [-0.1, -0.05) is 72.6 Å². The van der Waals surface area contributed by atoms with Gasteiger partial charge in [0.05, 0.1) is 0 Å². The second kappa shape index (κ2) is 6.67. The van der Waals surface area contributed by atoms with Crippen LogP contribution in [0.3, 0.4) is 0 Å². The maximum atomic E-state index is 2.53. The van der Waals surface area contributed by atoms with Crippen molar-refractivity contribution in [3.8, 4) is 0 Å².